The van der Waals surface area contributed by atoms with E-state index in [-0.39, 0.29) is 16.5 Å². The Bertz CT molecular complexity index is 1430. The predicted molar refractivity (Wildman–Crippen MR) is 128 cm³/mol. The smallest absolute Gasteiger partial charge is 0.259 e. The third-order valence-electron chi connectivity index (χ3n) is 5.78. The lowest BCUT2D eigenvalue weighted by Gasteiger charge is -2.23. The Morgan fingerprint density at radius 3 is 2.82 bits per heavy atom. The highest BCUT2D eigenvalue weighted by Crippen LogP contribution is 2.35. The van der Waals surface area contributed by atoms with Crippen molar-refractivity contribution in [3.8, 4) is 11.4 Å². The maximum atomic E-state index is 13.6. The number of nitrogens with zero attached hydrogens (tertiary/aromatic N) is 3. The zero-order valence-electron chi connectivity index (χ0n) is 18.1. The molecule has 0 saturated carbocycles. The fraction of sp³-hybridized carbons (Fsp3) is 0.120. The molecule has 1 aliphatic rings. The van der Waals surface area contributed by atoms with E-state index in [4.69, 9.17) is 11.6 Å². The molecule has 0 saturated heterocycles. The number of hydrogen-bond acceptors (Lipinski definition) is 4. The van der Waals surface area contributed by atoms with E-state index in [0.29, 0.717) is 41.2 Å². The fourth-order valence-corrected chi connectivity index (χ4v) is 4.29. The molecule has 2 aromatic heterocycles. The number of anilines is 2. The molecule has 7 nitrogen and oxygen atoms in total. The first-order valence-electron chi connectivity index (χ1n) is 10.6. The molecule has 5 rings (SSSR count). The number of rotatable bonds is 3. The maximum absolute atomic E-state index is 13.6. The molecular formula is C25H19ClFN5O2. The van der Waals surface area contributed by atoms with Crippen LogP contribution in [0.25, 0.3) is 11.4 Å². The Balaban J connectivity index is 1.42. The second kappa shape index (κ2) is 8.72. The summed E-state index contributed by atoms with van der Waals surface area (Å²) in [7, 11) is 0. The first kappa shape index (κ1) is 21.8. The van der Waals surface area contributed by atoms with E-state index in [1.54, 1.807) is 48.5 Å². The number of nitrogens with one attached hydrogen (secondary N) is 2. The van der Waals surface area contributed by atoms with Gasteiger partial charge in [0.05, 0.1) is 28.2 Å². The average Bonchev–Trinajstić information content (AvgIpc) is 3.23. The van der Waals surface area contributed by atoms with Crippen LogP contribution in [0.1, 0.15) is 31.8 Å². The Morgan fingerprint density at radius 1 is 1.15 bits per heavy atom. The van der Waals surface area contributed by atoms with Gasteiger partial charge < -0.3 is 10.2 Å². The van der Waals surface area contributed by atoms with E-state index in [2.05, 4.69) is 20.5 Å². The minimum absolute atomic E-state index is 0.189. The lowest BCUT2D eigenvalue weighted by atomic mass is 10.1. The van der Waals surface area contributed by atoms with Crippen molar-refractivity contribution in [2.24, 2.45) is 0 Å². The van der Waals surface area contributed by atoms with Gasteiger partial charge in [0.2, 0.25) is 0 Å². The van der Waals surface area contributed by atoms with Gasteiger partial charge in [-0.3, -0.25) is 19.7 Å². The van der Waals surface area contributed by atoms with E-state index >= 15 is 0 Å². The van der Waals surface area contributed by atoms with Crippen molar-refractivity contribution in [3.63, 3.8) is 0 Å². The molecule has 0 spiro atoms. The number of H-pyrrole nitrogens is 1. The molecule has 0 aliphatic carbocycles. The first-order chi connectivity index (χ1) is 16.4. The molecule has 4 aromatic rings. The highest BCUT2D eigenvalue weighted by atomic mass is 35.5. The quantitative estimate of drug-likeness (QED) is 0.435. The van der Waals surface area contributed by atoms with Crippen LogP contribution in [0.3, 0.4) is 0 Å². The van der Waals surface area contributed by atoms with E-state index in [9.17, 15) is 14.0 Å². The van der Waals surface area contributed by atoms with Gasteiger partial charge >= 0.3 is 0 Å². The van der Waals surface area contributed by atoms with Gasteiger partial charge in [-0.25, -0.2) is 4.39 Å². The van der Waals surface area contributed by atoms with E-state index in [1.165, 1.54) is 18.2 Å². The Morgan fingerprint density at radius 2 is 2.00 bits per heavy atom. The SMILES string of the molecule is Cc1ccc(F)cc1C(=O)Nc1ccc(C(=O)N2CCc3cn[nH]c3-c3ncccc32)c(Cl)c1. The zero-order valence-corrected chi connectivity index (χ0v) is 18.9. The zero-order chi connectivity index (χ0) is 23.8. The number of aromatic nitrogens is 3. The van der Waals surface area contributed by atoms with E-state index in [0.717, 1.165) is 11.3 Å². The van der Waals surface area contributed by atoms with Crippen LogP contribution in [-0.4, -0.2) is 33.5 Å². The Hall–Kier alpha value is -4.04. The number of aromatic amines is 1. The molecule has 0 bridgehead atoms. The van der Waals surface area contributed by atoms with Crippen LogP contribution in [0.2, 0.25) is 5.02 Å². The predicted octanol–water partition coefficient (Wildman–Crippen LogP) is 5.03. The van der Waals surface area contributed by atoms with Crippen LogP contribution in [0, 0.1) is 12.7 Å². The highest BCUT2D eigenvalue weighted by molar-refractivity contribution is 6.35. The number of halogens is 2. The largest absolute Gasteiger partial charge is 0.322 e. The summed E-state index contributed by atoms with van der Waals surface area (Å²) in [5, 5.41) is 9.98. The first-order valence-corrected chi connectivity index (χ1v) is 11.0. The van der Waals surface area contributed by atoms with Gasteiger partial charge in [-0.1, -0.05) is 17.7 Å². The summed E-state index contributed by atoms with van der Waals surface area (Å²) >= 11 is 6.47. The molecule has 34 heavy (non-hydrogen) atoms. The van der Waals surface area contributed by atoms with Crippen LogP contribution in [0.5, 0.6) is 0 Å². The number of hydrogen-bond donors (Lipinski definition) is 2. The number of amides is 2. The lowest BCUT2D eigenvalue weighted by molar-refractivity contribution is 0.0986. The maximum Gasteiger partial charge on any atom is 0.259 e. The van der Waals surface area contributed by atoms with Crippen molar-refractivity contribution in [2.45, 2.75) is 13.3 Å². The van der Waals surface area contributed by atoms with Crippen LogP contribution in [0.15, 0.2) is 60.9 Å². The summed E-state index contributed by atoms with van der Waals surface area (Å²) in [6, 6.07) is 12.3. The molecule has 0 unspecified atom stereocenters. The summed E-state index contributed by atoms with van der Waals surface area (Å²) in [5.74, 6) is -1.24. The van der Waals surface area contributed by atoms with Crippen LogP contribution in [-0.2, 0) is 6.42 Å². The molecular weight excluding hydrogens is 457 g/mol. The standard InChI is InChI=1S/C25H19ClFN5O2/c1-14-4-5-16(27)11-19(14)24(33)30-17-6-7-18(20(26)12-17)25(34)32-10-8-15-13-29-31-22(15)23-21(32)3-2-9-28-23/h2-7,9,11-13H,8,10H2,1H3,(H,29,31)(H,30,33). The monoisotopic (exact) mass is 475 g/mol. The topological polar surface area (TPSA) is 91.0 Å². The van der Waals surface area contributed by atoms with Gasteiger partial charge in [-0.15, -0.1) is 0 Å². The normalized spacial score (nSPS) is 12.5. The second-order valence-corrected chi connectivity index (χ2v) is 8.36. The van der Waals surface area contributed by atoms with Gasteiger partial charge in [0.25, 0.3) is 11.8 Å². The van der Waals surface area contributed by atoms with Gasteiger partial charge in [-0.2, -0.15) is 5.10 Å². The third kappa shape index (κ3) is 3.92. The fourth-order valence-electron chi connectivity index (χ4n) is 4.03. The molecule has 1 aliphatic heterocycles. The summed E-state index contributed by atoms with van der Waals surface area (Å²) in [5.41, 5.74) is 4.63. The van der Waals surface area contributed by atoms with Crippen molar-refractivity contribution >= 4 is 34.8 Å². The van der Waals surface area contributed by atoms with Crippen molar-refractivity contribution in [1.82, 2.24) is 15.2 Å². The molecule has 0 fully saturated rings. The van der Waals surface area contributed by atoms with Gasteiger partial charge in [0.1, 0.15) is 11.5 Å². The molecule has 0 radical (unpaired) electrons. The highest BCUT2D eigenvalue weighted by Gasteiger charge is 2.28. The summed E-state index contributed by atoms with van der Waals surface area (Å²) in [4.78, 5) is 32.2. The number of carbonyl (C=O) groups is 2. The number of pyridine rings is 1. The van der Waals surface area contributed by atoms with E-state index < -0.39 is 11.7 Å². The number of benzene rings is 2. The van der Waals surface area contributed by atoms with Gasteiger partial charge in [-0.05, 0) is 61.4 Å². The second-order valence-electron chi connectivity index (χ2n) is 7.96. The molecule has 2 amide bonds. The van der Waals surface area contributed by atoms with Crippen LogP contribution >= 0.6 is 11.6 Å². The summed E-state index contributed by atoms with van der Waals surface area (Å²) in [6.45, 7) is 2.15. The molecule has 0 atom stereocenters. The Kier molecular flexibility index (Phi) is 5.59. The number of fused-ring (bicyclic) bond motifs is 3. The molecule has 170 valence electrons. The Labute approximate surface area is 199 Å². The number of aryl methyl sites for hydroxylation is 1. The van der Waals surface area contributed by atoms with Crippen molar-refractivity contribution < 1.29 is 14.0 Å². The summed E-state index contributed by atoms with van der Waals surface area (Å²) < 4.78 is 13.6. The minimum Gasteiger partial charge on any atom is -0.322 e. The van der Waals surface area contributed by atoms with E-state index in [1.807, 2.05) is 6.07 Å². The molecule has 3 heterocycles. The minimum atomic E-state index is -0.496. The third-order valence-corrected chi connectivity index (χ3v) is 6.10. The lowest BCUT2D eigenvalue weighted by Crippen LogP contribution is -2.32. The van der Waals surface area contributed by atoms with Gasteiger partial charge in [0, 0.05) is 29.6 Å². The van der Waals surface area contributed by atoms with Crippen molar-refractivity contribution in [1.29, 1.82) is 0 Å². The van der Waals surface area contributed by atoms with Crippen LogP contribution in [0.4, 0.5) is 15.8 Å². The van der Waals surface area contributed by atoms with Crippen LogP contribution < -0.4 is 10.2 Å². The average molecular weight is 476 g/mol. The molecule has 2 N–H and O–H groups in total. The van der Waals surface area contributed by atoms with Crippen molar-refractivity contribution in [2.75, 3.05) is 16.8 Å². The molecule has 2 aromatic carbocycles. The van der Waals surface area contributed by atoms with Crippen molar-refractivity contribution in [3.05, 3.63) is 94.0 Å². The number of carbonyl (C=O) groups excluding carboxylic acids is 2. The van der Waals surface area contributed by atoms with Gasteiger partial charge in [0.15, 0.2) is 0 Å². The summed E-state index contributed by atoms with van der Waals surface area (Å²) in [6.07, 6.45) is 4.02. The molecule has 9 heteroatoms.